The molecule has 33 heavy (non-hydrogen) atoms. The Labute approximate surface area is 189 Å². The van der Waals surface area contributed by atoms with Gasteiger partial charge in [0.25, 0.3) is 0 Å². The largest absolute Gasteiger partial charge is 0.511 e. The van der Waals surface area contributed by atoms with E-state index in [9.17, 15) is 39.6 Å². The number of rotatable bonds is 3. The third kappa shape index (κ3) is 2.95. The molecule has 174 valence electrons. The summed E-state index contributed by atoms with van der Waals surface area (Å²) >= 11 is 0. The first-order chi connectivity index (χ1) is 15.3. The first-order valence-corrected chi connectivity index (χ1v) is 10.6. The van der Waals surface area contributed by atoms with Crippen LogP contribution in [0.5, 0.6) is 5.75 Å². The molecule has 4 rings (SSSR count). The van der Waals surface area contributed by atoms with Crippen molar-refractivity contribution in [3.05, 3.63) is 45.4 Å². The minimum Gasteiger partial charge on any atom is -0.511 e. The van der Waals surface area contributed by atoms with Gasteiger partial charge in [0.1, 0.15) is 22.8 Å². The number of aliphatic hydroxyl groups excluding tert-OH is 2. The van der Waals surface area contributed by atoms with Crippen molar-refractivity contribution in [2.45, 2.75) is 38.7 Å². The molecule has 0 heterocycles. The fourth-order valence-corrected chi connectivity index (χ4v) is 5.44. The number of nitrogens with zero attached hydrogens (tertiary/aromatic N) is 1. The molecule has 0 aromatic heterocycles. The van der Waals surface area contributed by atoms with E-state index in [2.05, 4.69) is 0 Å². The number of anilines is 1. The third-order valence-electron chi connectivity index (χ3n) is 7.01. The molecule has 0 saturated heterocycles. The SMILES string of the molecule is CC(=O)C1=C(O)CC2CC3Cc4c(N(C)C)cc(C(C)=O)c(O)c4C(=O)C3=C(O)C2(O)C1=O. The second kappa shape index (κ2) is 7.28. The molecule has 0 saturated carbocycles. The van der Waals surface area contributed by atoms with Gasteiger partial charge >= 0.3 is 0 Å². The molecule has 0 spiro atoms. The van der Waals surface area contributed by atoms with Gasteiger partial charge in [-0.15, -0.1) is 0 Å². The molecule has 3 atom stereocenters. The molecular weight excluding hydrogens is 430 g/mol. The second-order valence-corrected chi connectivity index (χ2v) is 9.20. The first-order valence-electron chi connectivity index (χ1n) is 10.6. The summed E-state index contributed by atoms with van der Waals surface area (Å²) < 4.78 is 0. The van der Waals surface area contributed by atoms with Crippen LogP contribution in [0.15, 0.2) is 28.7 Å². The number of Topliss-reactive ketones (excluding diaryl/α,β-unsaturated/α-hetero) is 4. The number of benzene rings is 1. The van der Waals surface area contributed by atoms with Gasteiger partial charge in [-0.2, -0.15) is 0 Å². The Bertz CT molecular complexity index is 1220. The topological polar surface area (TPSA) is 152 Å². The first kappa shape index (κ1) is 22.7. The maximum absolute atomic E-state index is 13.6. The summed E-state index contributed by atoms with van der Waals surface area (Å²) in [6.45, 7) is 2.32. The van der Waals surface area contributed by atoms with Gasteiger partial charge in [-0.1, -0.05) is 0 Å². The van der Waals surface area contributed by atoms with Crippen molar-refractivity contribution < 1.29 is 39.6 Å². The van der Waals surface area contributed by atoms with E-state index in [1.54, 1.807) is 19.0 Å². The number of aromatic hydroxyl groups is 1. The molecule has 0 amide bonds. The Morgan fingerprint density at radius 1 is 1.06 bits per heavy atom. The predicted molar refractivity (Wildman–Crippen MR) is 117 cm³/mol. The molecule has 1 aromatic rings. The molecule has 3 aliphatic rings. The van der Waals surface area contributed by atoms with E-state index in [1.807, 2.05) is 0 Å². The Balaban J connectivity index is 1.96. The summed E-state index contributed by atoms with van der Waals surface area (Å²) in [4.78, 5) is 52.3. The third-order valence-corrected chi connectivity index (χ3v) is 7.01. The van der Waals surface area contributed by atoms with Crippen LogP contribution >= 0.6 is 0 Å². The summed E-state index contributed by atoms with van der Waals surface area (Å²) in [5, 5.41) is 43.4. The standard InChI is InChI=1S/C24H25NO8/c1-9(26)13-8-15(25(3)4)14-6-11-5-12-7-16(28)17(10(2)27)22(31)24(12,33)23(32)18(11)21(30)19(14)20(13)29/h8,11-12,28-29,32-33H,5-7H2,1-4H3. The minimum absolute atomic E-state index is 0.0581. The molecule has 0 fully saturated rings. The van der Waals surface area contributed by atoms with Crippen molar-refractivity contribution in [2.75, 3.05) is 19.0 Å². The van der Waals surface area contributed by atoms with Crippen LogP contribution in [0.25, 0.3) is 0 Å². The highest BCUT2D eigenvalue weighted by atomic mass is 16.3. The lowest BCUT2D eigenvalue weighted by atomic mass is 9.60. The van der Waals surface area contributed by atoms with Gasteiger partial charge in [-0.3, -0.25) is 19.2 Å². The maximum atomic E-state index is 13.6. The lowest BCUT2D eigenvalue weighted by Gasteiger charge is -2.46. The molecule has 0 bridgehead atoms. The van der Waals surface area contributed by atoms with E-state index in [0.29, 0.717) is 11.3 Å². The number of carbonyl (C=O) groups is 4. The zero-order valence-electron chi connectivity index (χ0n) is 18.7. The molecule has 9 nitrogen and oxygen atoms in total. The highest BCUT2D eigenvalue weighted by molar-refractivity contribution is 6.25. The molecular formula is C24H25NO8. The lowest BCUT2D eigenvalue weighted by molar-refractivity contribution is -0.144. The van der Waals surface area contributed by atoms with Crippen LogP contribution in [0.3, 0.4) is 0 Å². The van der Waals surface area contributed by atoms with E-state index in [-0.39, 0.29) is 36.0 Å². The number of carbonyl (C=O) groups excluding carboxylic acids is 4. The smallest absolute Gasteiger partial charge is 0.209 e. The van der Waals surface area contributed by atoms with Gasteiger partial charge in [0, 0.05) is 37.7 Å². The number of ketones is 4. The summed E-state index contributed by atoms with van der Waals surface area (Å²) in [7, 11) is 3.46. The van der Waals surface area contributed by atoms with E-state index in [4.69, 9.17) is 0 Å². The Hall–Kier alpha value is -3.46. The number of fused-ring (bicyclic) bond motifs is 3. The van der Waals surface area contributed by atoms with Crippen molar-refractivity contribution in [1.82, 2.24) is 0 Å². The van der Waals surface area contributed by atoms with Gasteiger partial charge in [0.05, 0.1) is 11.1 Å². The molecule has 0 aliphatic heterocycles. The van der Waals surface area contributed by atoms with E-state index >= 15 is 0 Å². The maximum Gasteiger partial charge on any atom is 0.209 e. The van der Waals surface area contributed by atoms with Crippen LogP contribution < -0.4 is 4.90 Å². The van der Waals surface area contributed by atoms with Gasteiger partial charge in [-0.05, 0) is 44.2 Å². The Morgan fingerprint density at radius 3 is 2.24 bits per heavy atom. The molecule has 9 heteroatoms. The van der Waals surface area contributed by atoms with Crippen molar-refractivity contribution in [3.8, 4) is 5.75 Å². The zero-order chi connectivity index (χ0) is 24.6. The van der Waals surface area contributed by atoms with Crippen LogP contribution in [0.1, 0.15) is 53.0 Å². The average Bonchev–Trinajstić information content (AvgIpc) is 2.70. The fraction of sp³-hybridized carbons (Fsp3) is 0.417. The summed E-state index contributed by atoms with van der Waals surface area (Å²) in [6.07, 6.45) is 0.0792. The Morgan fingerprint density at radius 2 is 1.70 bits per heavy atom. The molecule has 4 N–H and O–H groups in total. The highest BCUT2D eigenvalue weighted by Gasteiger charge is 2.59. The minimum atomic E-state index is -2.54. The number of allylic oxidation sites excluding steroid dienone is 2. The van der Waals surface area contributed by atoms with Crippen molar-refractivity contribution in [2.24, 2.45) is 11.8 Å². The van der Waals surface area contributed by atoms with E-state index in [1.165, 1.54) is 13.0 Å². The van der Waals surface area contributed by atoms with Crippen LogP contribution in [0.2, 0.25) is 0 Å². The zero-order valence-corrected chi connectivity index (χ0v) is 18.7. The van der Waals surface area contributed by atoms with E-state index < -0.39 is 63.4 Å². The Kier molecular flexibility index (Phi) is 5.01. The number of phenolic OH excluding ortho intramolecular Hbond substituents is 1. The number of hydrogen-bond donors (Lipinski definition) is 4. The van der Waals surface area contributed by atoms with Crippen molar-refractivity contribution in [1.29, 1.82) is 0 Å². The monoisotopic (exact) mass is 455 g/mol. The number of phenols is 1. The number of hydrogen-bond acceptors (Lipinski definition) is 9. The molecule has 1 aromatic carbocycles. The van der Waals surface area contributed by atoms with Gasteiger partial charge in [0.15, 0.2) is 23.0 Å². The summed E-state index contributed by atoms with van der Waals surface area (Å²) in [6, 6.07) is 1.51. The van der Waals surface area contributed by atoms with Crippen LogP contribution in [-0.4, -0.2) is 63.3 Å². The predicted octanol–water partition coefficient (Wildman–Crippen LogP) is 1.95. The summed E-state index contributed by atoms with van der Waals surface area (Å²) in [5.41, 5.74) is -2.52. The summed E-state index contributed by atoms with van der Waals surface area (Å²) in [5.74, 6) is -6.52. The highest BCUT2D eigenvalue weighted by Crippen LogP contribution is 2.52. The van der Waals surface area contributed by atoms with Gasteiger partial charge < -0.3 is 25.3 Å². The van der Waals surface area contributed by atoms with Gasteiger partial charge in [0.2, 0.25) is 5.78 Å². The molecule has 3 aliphatic carbocycles. The van der Waals surface area contributed by atoms with Gasteiger partial charge in [-0.25, -0.2) is 0 Å². The van der Waals surface area contributed by atoms with Crippen molar-refractivity contribution >= 4 is 28.8 Å². The second-order valence-electron chi connectivity index (χ2n) is 9.20. The average molecular weight is 455 g/mol. The molecule has 3 unspecified atom stereocenters. The van der Waals surface area contributed by atoms with E-state index in [0.717, 1.165) is 6.92 Å². The lowest BCUT2D eigenvalue weighted by Crippen LogP contribution is -2.56. The van der Waals surface area contributed by atoms with Crippen molar-refractivity contribution in [3.63, 3.8) is 0 Å². The van der Waals surface area contributed by atoms with Crippen LogP contribution in [-0.2, 0) is 16.0 Å². The normalized spacial score (nSPS) is 26.6. The fourth-order valence-electron chi connectivity index (χ4n) is 5.44. The number of aliphatic hydroxyl groups is 3. The van der Waals surface area contributed by atoms with Crippen LogP contribution in [0, 0.1) is 11.8 Å². The molecule has 0 radical (unpaired) electrons. The van der Waals surface area contributed by atoms with Crippen LogP contribution in [0.4, 0.5) is 5.69 Å². The quantitative estimate of drug-likeness (QED) is 0.396.